The minimum absolute atomic E-state index is 0.113. The lowest BCUT2D eigenvalue weighted by Gasteiger charge is -2.17. The van der Waals surface area contributed by atoms with Crippen LogP contribution in [0.1, 0.15) is 0 Å². The molecule has 2 N–H and O–H groups in total. The van der Waals surface area contributed by atoms with Crippen molar-refractivity contribution in [2.45, 2.75) is 6.10 Å². The van der Waals surface area contributed by atoms with Crippen molar-refractivity contribution in [2.24, 2.45) is 5.92 Å². The summed E-state index contributed by atoms with van der Waals surface area (Å²) in [5.74, 6) is -0.677. The van der Waals surface area contributed by atoms with Crippen LogP contribution in [0, 0.1) is 5.92 Å². The summed E-state index contributed by atoms with van der Waals surface area (Å²) in [6.45, 7) is 0.816. The number of sulfonamides is 1. The SMILES string of the molecule is CN(C)S(=O)(=O)C[C@@H]1CN(CC(=O)Nc2ccccc2)C[C@@H]1O. The smallest absolute Gasteiger partial charge is 0.238 e. The standard InChI is InChI=1S/C15H23N3O4S/c1-17(2)23(21,22)11-12-8-18(9-14(12)19)10-15(20)16-13-6-4-3-5-7-13/h3-7,12,14,19H,8-11H2,1-2H3,(H,16,20)/t12-,14-/m0/s1. The highest BCUT2D eigenvalue weighted by atomic mass is 32.2. The summed E-state index contributed by atoms with van der Waals surface area (Å²) in [4.78, 5) is 13.8. The molecule has 1 aliphatic rings. The molecule has 0 aliphatic carbocycles. The van der Waals surface area contributed by atoms with E-state index >= 15 is 0 Å². The van der Waals surface area contributed by atoms with E-state index in [0.29, 0.717) is 18.8 Å². The molecule has 0 aromatic heterocycles. The zero-order chi connectivity index (χ0) is 17.0. The normalized spacial score (nSPS) is 22.4. The van der Waals surface area contributed by atoms with Crippen molar-refractivity contribution in [1.82, 2.24) is 9.21 Å². The fourth-order valence-corrected chi connectivity index (χ4v) is 3.75. The number of amides is 1. The number of hydrogen-bond donors (Lipinski definition) is 2. The number of benzene rings is 1. The summed E-state index contributed by atoms with van der Waals surface area (Å²) in [5, 5.41) is 12.8. The van der Waals surface area contributed by atoms with Gasteiger partial charge in [0.2, 0.25) is 15.9 Å². The van der Waals surface area contributed by atoms with E-state index in [2.05, 4.69) is 5.32 Å². The Kier molecular flexibility index (Phi) is 5.74. The molecule has 0 radical (unpaired) electrons. The van der Waals surface area contributed by atoms with Crippen LogP contribution >= 0.6 is 0 Å². The first-order valence-corrected chi connectivity index (χ1v) is 9.04. The molecular formula is C15H23N3O4S. The molecule has 23 heavy (non-hydrogen) atoms. The van der Waals surface area contributed by atoms with Gasteiger partial charge in [-0.1, -0.05) is 18.2 Å². The van der Waals surface area contributed by atoms with Gasteiger partial charge in [-0.15, -0.1) is 0 Å². The number of aliphatic hydroxyl groups excluding tert-OH is 1. The molecular weight excluding hydrogens is 318 g/mol. The van der Waals surface area contributed by atoms with Gasteiger partial charge in [-0.3, -0.25) is 9.69 Å². The van der Waals surface area contributed by atoms with Crippen LogP contribution in [-0.2, 0) is 14.8 Å². The lowest BCUT2D eigenvalue weighted by molar-refractivity contribution is -0.117. The van der Waals surface area contributed by atoms with E-state index in [0.717, 1.165) is 4.31 Å². The van der Waals surface area contributed by atoms with Crippen LogP contribution in [0.25, 0.3) is 0 Å². The molecule has 1 saturated heterocycles. The van der Waals surface area contributed by atoms with Crippen LogP contribution in [0.3, 0.4) is 0 Å². The van der Waals surface area contributed by atoms with E-state index in [4.69, 9.17) is 0 Å². The molecule has 1 heterocycles. The largest absolute Gasteiger partial charge is 0.391 e. The van der Waals surface area contributed by atoms with Gasteiger partial charge < -0.3 is 10.4 Å². The summed E-state index contributed by atoms with van der Waals surface area (Å²) in [5.41, 5.74) is 0.712. The number of β-amino-alcohol motifs (C(OH)–C–C–N with tert-alkyl or cyclic N) is 1. The van der Waals surface area contributed by atoms with Gasteiger partial charge in [0.15, 0.2) is 0 Å². The first kappa shape index (κ1) is 17.9. The maximum Gasteiger partial charge on any atom is 0.238 e. The second-order valence-electron chi connectivity index (χ2n) is 6.00. The third-order valence-electron chi connectivity index (χ3n) is 3.89. The van der Waals surface area contributed by atoms with Crippen molar-refractivity contribution in [2.75, 3.05) is 44.8 Å². The van der Waals surface area contributed by atoms with Crippen molar-refractivity contribution in [3.63, 3.8) is 0 Å². The fraction of sp³-hybridized carbons (Fsp3) is 0.533. The lowest BCUT2D eigenvalue weighted by atomic mass is 10.1. The Morgan fingerprint density at radius 3 is 2.57 bits per heavy atom. The highest BCUT2D eigenvalue weighted by Crippen LogP contribution is 2.19. The van der Waals surface area contributed by atoms with E-state index in [1.54, 1.807) is 17.0 Å². The monoisotopic (exact) mass is 341 g/mol. The molecule has 0 spiro atoms. The number of carbonyl (C=O) groups is 1. The Bertz CT molecular complexity index is 633. The zero-order valence-electron chi connectivity index (χ0n) is 13.3. The molecule has 2 atom stereocenters. The first-order chi connectivity index (χ1) is 10.8. The Labute approximate surface area is 136 Å². The second-order valence-corrected chi connectivity index (χ2v) is 8.22. The predicted molar refractivity (Wildman–Crippen MR) is 88.5 cm³/mol. The van der Waals surface area contributed by atoms with Crippen molar-refractivity contribution < 1.29 is 18.3 Å². The van der Waals surface area contributed by atoms with E-state index in [1.807, 2.05) is 18.2 Å². The molecule has 0 saturated carbocycles. The number of anilines is 1. The van der Waals surface area contributed by atoms with Crippen LogP contribution < -0.4 is 5.32 Å². The molecule has 8 heteroatoms. The van der Waals surface area contributed by atoms with Crippen molar-refractivity contribution in [1.29, 1.82) is 0 Å². The Hall–Kier alpha value is -1.48. The quantitative estimate of drug-likeness (QED) is 0.748. The Balaban J connectivity index is 1.87. The van der Waals surface area contributed by atoms with Crippen LogP contribution in [0.4, 0.5) is 5.69 Å². The van der Waals surface area contributed by atoms with Gasteiger partial charge in [-0.05, 0) is 12.1 Å². The van der Waals surface area contributed by atoms with E-state index < -0.39 is 16.1 Å². The van der Waals surface area contributed by atoms with Crippen LogP contribution in [0.15, 0.2) is 30.3 Å². The van der Waals surface area contributed by atoms with Gasteiger partial charge in [0, 0.05) is 38.8 Å². The third-order valence-corrected chi connectivity index (χ3v) is 5.85. The average molecular weight is 341 g/mol. The molecule has 2 rings (SSSR count). The molecule has 0 unspecified atom stereocenters. The number of nitrogens with zero attached hydrogens (tertiary/aromatic N) is 2. The highest BCUT2D eigenvalue weighted by molar-refractivity contribution is 7.89. The maximum absolute atomic E-state index is 12.0. The molecule has 128 valence electrons. The van der Waals surface area contributed by atoms with E-state index in [1.165, 1.54) is 14.1 Å². The van der Waals surface area contributed by atoms with Crippen molar-refractivity contribution in [3.05, 3.63) is 30.3 Å². The molecule has 1 fully saturated rings. The van der Waals surface area contributed by atoms with Gasteiger partial charge in [-0.25, -0.2) is 12.7 Å². The number of aliphatic hydroxyl groups is 1. The number of para-hydroxylation sites is 1. The van der Waals surface area contributed by atoms with Crippen molar-refractivity contribution in [3.8, 4) is 0 Å². The van der Waals surface area contributed by atoms with E-state index in [-0.39, 0.29) is 24.1 Å². The number of hydrogen-bond acceptors (Lipinski definition) is 5. The number of nitrogens with one attached hydrogen (secondary N) is 1. The van der Waals surface area contributed by atoms with Crippen LogP contribution in [0.2, 0.25) is 0 Å². The van der Waals surface area contributed by atoms with Gasteiger partial charge >= 0.3 is 0 Å². The summed E-state index contributed by atoms with van der Waals surface area (Å²) in [6.07, 6.45) is -0.741. The Morgan fingerprint density at radius 2 is 1.96 bits per heavy atom. The number of likely N-dealkylation sites (tertiary alicyclic amines) is 1. The topological polar surface area (TPSA) is 90.0 Å². The molecule has 1 aromatic rings. The van der Waals surface area contributed by atoms with Crippen LogP contribution in [-0.4, -0.2) is 74.2 Å². The summed E-state index contributed by atoms with van der Waals surface area (Å²) < 4.78 is 25.0. The second kappa shape index (κ2) is 7.39. The average Bonchev–Trinajstić information content (AvgIpc) is 2.78. The highest BCUT2D eigenvalue weighted by Gasteiger charge is 2.35. The van der Waals surface area contributed by atoms with Crippen molar-refractivity contribution >= 4 is 21.6 Å². The number of rotatable bonds is 6. The predicted octanol–water partition coefficient (Wildman–Crippen LogP) is -0.191. The minimum atomic E-state index is -3.37. The Morgan fingerprint density at radius 1 is 1.30 bits per heavy atom. The van der Waals surface area contributed by atoms with Gasteiger partial charge in [-0.2, -0.15) is 0 Å². The molecule has 1 aromatic carbocycles. The maximum atomic E-state index is 12.0. The van der Waals surface area contributed by atoms with Gasteiger partial charge in [0.05, 0.1) is 18.4 Å². The van der Waals surface area contributed by atoms with E-state index in [9.17, 15) is 18.3 Å². The summed E-state index contributed by atoms with van der Waals surface area (Å²) >= 11 is 0. The molecule has 1 amide bonds. The zero-order valence-corrected chi connectivity index (χ0v) is 14.2. The number of carbonyl (C=O) groups excluding carboxylic acids is 1. The summed E-state index contributed by atoms with van der Waals surface area (Å²) in [7, 11) is -0.421. The third kappa shape index (κ3) is 5.00. The van der Waals surface area contributed by atoms with Crippen LogP contribution in [0.5, 0.6) is 0 Å². The lowest BCUT2D eigenvalue weighted by Crippen LogP contribution is -2.34. The molecule has 7 nitrogen and oxygen atoms in total. The summed E-state index contributed by atoms with van der Waals surface area (Å²) in [6, 6.07) is 9.11. The first-order valence-electron chi connectivity index (χ1n) is 7.43. The fourth-order valence-electron chi connectivity index (χ4n) is 2.58. The minimum Gasteiger partial charge on any atom is -0.391 e. The van der Waals surface area contributed by atoms with Gasteiger partial charge in [0.25, 0.3) is 0 Å². The molecule has 1 aliphatic heterocycles. The van der Waals surface area contributed by atoms with Gasteiger partial charge in [0.1, 0.15) is 0 Å². The molecule has 0 bridgehead atoms.